The maximum Gasteiger partial charge on any atom is 0.349 e. The van der Waals surface area contributed by atoms with E-state index in [9.17, 15) is 31.5 Å². The van der Waals surface area contributed by atoms with Crippen molar-refractivity contribution >= 4 is 28.9 Å². The second kappa shape index (κ2) is 6.95. The van der Waals surface area contributed by atoms with Gasteiger partial charge < -0.3 is 10.1 Å². The molecular weight excluding hydrogens is 357 g/mol. The van der Waals surface area contributed by atoms with E-state index in [2.05, 4.69) is 4.74 Å². The molecule has 10 heteroatoms. The maximum atomic E-state index is 13.4. The lowest BCUT2D eigenvalue weighted by molar-refractivity contribution is -0.119. The molecule has 24 heavy (non-hydrogen) atoms. The number of ether oxygens (including phenoxy) is 1. The summed E-state index contributed by atoms with van der Waals surface area (Å²) in [5.41, 5.74) is -0.912. The molecule has 4 nitrogen and oxygen atoms in total. The van der Waals surface area contributed by atoms with Crippen LogP contribution in [0.4, 0.5) is 27.6 Å². The fourth-order valence-electron chi connectivity index (χ4n) is 1.67. The normalized spacial score (nSPS) is 10.6. The lowest BCUT2D eigenvalue weighted by Gasteiger charge is -2.10. The highest BCUT2D eigenvalue weighted by molar-refractivity contribution is 7.12. The summed E-state index contributed by atoms with van der Waals surface area (Å²) in [7, 11) is 0. The Kier molecular flexibility index (Phi) is 5.17. The zero-order chi connectivity index (χ0) is 18.0. The molecule has 1 heterocycles. The topological polar surface area (TPSA) is 55.4 Å². The average Bonchev–Trinajstić information content (AvgIpc) is 2.99. The smallest absolute Gasteiger partial charge is 0.349 e. The summed E-state index contributed by atoms with van der Waals surface area (Å²) in [4.78, 5) is 23.4. The fraction of sp³-hybridized carbons (Fsp3) is 0.143. The van der Waals surface area contributed by atoms with Gasteiger partial charge in [0.05, 0.1) is 0 Å². The zero-order valence-corrected chi connectivity index (χ0v) is 12.7. The molecule has 1 N–H and O–H groups in total. The molecule has 0 saturated carbocycles. The molecular formula is C14H8F5NO3S. The molecule has 2 aromatic rings. The number of nitrogens with one attached hydrogen (secondary N) is 1. The number of hydrogen-bond donors (Lipinski definition) is 1. The predicted molar refractivity (Wildman–Crippen MR) is 74.2 cm³/mol. The second-order valence-corrected chi connectivity index (χ2v) is 5.42. The van der Waals surface area contributed by atoms with Crippen LogP contribution in [0.15, 0.2) is 11.4 Å². The van der Waals surface area contributed by atoms with Gasteiger partial charge in [-0.3, -0.25) is 4.79 Å². The first-order chi connectivity index (χ1) is 11.2. The van der Waals surface area contributed by atoms with E-state index in [4.69, 9.17) is 0 Å². The van der Waals surface area contributed by atoms with Crippen LogP contribution in [0.5, 0.6) is 0 Å². The lowest BCUT2D eigenvalue weighted by Crippen LogP contribution is -2.23. The van der Waals surface area contributed by atoms with Crippen LogP contribution in [-0.4, -0.2) is 18.5 Å². The molecule has 0 fully saturated rings. The SMILES string of the molecule is Cc1ccsc1C(=O)OCC(=O)Nc1c(F)c(F)c(F)c(F)c1F. The van der Waals surface area contributed by atoms with E-state index >= 15 is 0 Å². The average molecular weight is 365 g/mol. The summed E-state index contributed by atoms with van der Waals surface area (Å²) in [5.74, 6) is -13.2. The van der Waals surface area contributed by atoms with Crippen molar-refractivity contribution in [1.82, 2.24) is 0 Å². The first-order valence-electron chi connectivity index (χ1n) is 6.26. The summed E-state index contributed by atoms with van der Waals surface area (Å²) in [6.07, 6.45) is 0. The van der Waals surface area contributed by atoms with Crippen molar-refractivity contribution in [1.29, 1.82) is 0 Å². The second-order valence-electron chi connectivity index (χ2n) is 4.50. The van der Waals surface area contributed by atoms with E-state index < -0.39 is 53.3 Å². The van der Waals surface area contributed by atoms with Gasteiger partial charge in [-0.25, -0.2) is 26.7 Å². The molecule has 0 aliphatic rings. The first kappa shape index (κ1) is 17.9. The molecule has 1 amide bonds. The fourth-order valence-corrected chi connectivity index (χ4v) is 2.49. The number of hydrogen-bond acceptors (Lipinski definition) is 4. The Hall–Kier alpha value is -2.49. The van der Waals surface area contributed by atoms with Crippen molar-refractivity contribution < 1.29 is 36.3 Å². The number of thiophene rings is 1. The van der Waals surface area contributed by atoms with Crippen molar-refractivity contribution in [2.45, 2.75) is 6.92 Å². The third-order valence-corrected chi connectivity index (χ3v) is 3.85. The molecule has 0 unspecified atom stereocenters. The number of esters is 1. The van der Waals surface area contributed by atoms with Crippen LogP contribution in [0.3, 0.4) is 0 Å². The van der Waals surface area contributed by atoms with E-state index in [0.717, 1.165) is 11.3 Å². The highest BCUT2D eigenvalue weighted by Crippen LogP contribution is 2.27. The molecule has 1 aromatic carbocycles. The van der Waals surface area contributed by atoms with Gasteiger partial charge in [-0.1, -0.05) is 0 Å². The highest BCUT2D eigenvalue weighted by Gasteiger charge is 2.27. The van der Waals surface area contributed by atoms with Gasteiger partial charge in [0.15, 0.2) is 29.9 Å². The number of anilines is 1. The van der Waals surface area contributed by atoms with Crippen LogP contribution in [0, 0.1) is 36.0 Å². The molecule has 0 radical (unpaired) electrons. The van der Waals surface area contributed by atoms with Crippen molar-refractivity contribution in [2.75, 3.05) is 11.9 Å². The van der Waals surface area contributed by atoms with E-state index in [1.54, 1.807) is 18.4 Å². The van der Waals surface area contributed by atoms with E-state index in [0.29, 0.717) is 5.56 Å². The summed E-state index contributed by atoms with van der Waals surface area (Å²) < 4.78 is 70.3. The van der Waals surface area contributed by atoms with E-state index in [1.165, 1.54) is 5.32 Å². The number of amides is 1. The van der Waals surface area contributed by atoms with Gasteiger partial charge in [0, 0.05) is 0 Å². The highest BCUT2D eigenvalue weighted by atomic mass is 32.1. The Bertz CT molecular complexity index is 792. The monoisotopic (exact) mass is 365 g/mol. The minimum atomic E-state index is -2.34. The largest absolute Gasteiger partial charge is 0.451 e. The molecule has 2 rings (SSSR count). The number of benzene rings is 1. The Morgan fingerprint density at radius 3 is 2.08 bits per heavy atom. The summed E-state index contributed by atoms with van der Waals surface area (Å²) >= 11 is 1.06. The quantitative estimate of drug-likeness (QED) is 0.390. The Morgan fingerprint density at radius 2 is 1.58 bits per heavy atom. The van der Waals surface area contributed by atoms with E-state index in [1.807, 2.05) is 0 Å². The Balaban J connectivity index is 2.08. The molecule has 0 spiro atoms. The predicted octanol–water partition coefficient (Wildman–Crippen LogP) is 3.55. The third-order valence-electron chi connectivity index (χ3n) is 2.86. The number of halogens is 5. The van der Waals surface area contributed by atoms with Crippen molar-refractivity contribution in [3.05, 3.63) is 51.0 Å². The zero-order valence-electron chi connectivity index (χ0n) is 11.9. The van der Waals surface area contributed by atoms with Gasteiger partial charge in [0.25, 0.3) is 5.91 Å². The number of carbonyl (C=O) groups excluding carboxylic acids is 2. The van der Waals surface area contributed by atoms with Crippen LogP contribution in [0.1, 0.15) is 15.2 Å². The van der Waals surface area contributed by atoms with Gasteiger partial charge in [-0.05, 0) is 23.9 Å². The van der Waals surface area contributed by atoms with Crippen LogP contribution >= 0.6 is 11.3 Å². The first-order valence-corrected chi connectivity index (χ1v) is 7.14. The third kappa shape index (κ3) is 3.37. The van der Waals surface area contributed by atoms with Crippen molar-refractivity contribution in [3.8, 4) is 0 Å². The Labute approximate surface area is 135 Å². The molecule has 0 atom stereocenters. The van der Waals surface area contributed by atoms with Gasteiger partial charge in [-0.15, -0.1) is 11.3 Å². The van der Waals surface area contributed by atoms with Crippen molar-refractivity contribution in [3.63, 3.8) is 0 Å². The van der Waals surface area contributed by atoms with Gasteiger partial charge in [-0.2, -0.15) is 0 Å². The Morgan fingerprint density at radius 1 is 1.04 bits per heavy atom. The molecule has 0 aliphatic carbocycles. The molecule has 1 aromatic heterocycles. The van der Waals surface area contributed by atoms with Gasteiger partial charge in [0.1, 0.15) is 10.6 Å². The van der Waals surface area contributed by atoms with E-state index in [-0.39, 0.29) is 4.88 Å². The summed E-state index contributed by atoms with van der Waals surface area (Å²) in [6.45, 7) is 0.664. The summed E-state index contributed by atoms with van der Waals surface area (Å²) in [6, 6.07) is 1.64. The molecule has 128 valence electrons. The van der Waals surface area contributed by atoms with Crippen molar-refractivity contribution in [2.24, 2.45) is 0 Å². The standard InChI is InChI=1S/C14H8F5NO3S/c1-5-2-3-24-13(5)14(22)23-4-6(21)20-12-10(18)8(16)7(15)9(17)11(12)19/h2-3H,4H2,1H3,(H,20,21). The number of aryl methyl sites for hydroxylation is 1. The molecule has 0 bridgehead atoms. The number of carbonyl (C=O) groups is 2. The minimum Gasteiger partial charge on any atom is -0.451 e. The number of rotatable bonds is 4. The van der Waals surface area contributed by atoms with Crippen LogP contribution in [0.2, 0.25) is 0 Å². The minimum absolute atomic E-state index is 0.221. The van der Waals surface area contributed by atoms with Crippen LogP contribution in [-0.2, 0) is 9.53 Å². The molecule has 0 aliphatic heterocycles. The maximum absolute atomic E-state index is 13.4. The van der Waals surface area contributed by atoms with Crippen LogP contribution in [0.25, 0.3) is 0 Å². The molecule has 0 saturated heterocycles. The summed E-state index contributed by atoms with van der Waals surface area (Å²) in [5, 5.41) is 3.11. The lowest BCUT2D eigenvalue weighted by atomic mass is 10.2. The van der Waals surface area contributed by atoms with Gasteiger partial charge in [0.2, 0.25) is 5.82 Å². The van der Waals surface area contributed by atoms with Crippen LogP contribution < -0.4 is 5.32 Å². The van der Waals surface area contributed by atoms with Gasteiger partial charge >= 0.3 is 5.97 Å².